The second kappa shape index (κ2) is 6.32. The summed E-state index contributed by atoms with van der Waals surface area (Å²) in [6, 6.07) is 4.95. The SMILES string of the molecule is CC1CC(NCCc2ccc(Br)s2)CC(C)O1. The van der Waals surface area contributed by atoms with Gasteiger partial charge >= 0.3 is 0 Å². The van der Waals surface area contributed by atoms with Gasteiger partial charge in [-0.15, -0.1) is 11.3 Å². The lowest BCUT2D eigenvalue weighted by Gasteiger charge is -2.32. The Balaban J connectivity index is 1.71. The Hall–Kier alpha value is 0.1000. The second-order valence-corrected chi connectivity index (χ2v) is 7.38. The van der Waals surface area contributed by atoms with Crippen molar-refractivity contribution in [1.29, 1.82) is 0 Å². The molecule has 96 valence electrons. The Bertz CT molecular complexity index is 345. The fourth-order valence-corrected chi connectivity index (χ4v) is 3.94. The van der Waals surface area contributed by atoms with Crippen molar-refractivity contribution in [3.8, 4) is 0 Å². The van der Waals surface area contributed by atoms with Crippen molar-refractivity contribution in [2.45, 2.75) is 51.4 Å². The maximum Gasteiger partial charge on any atom is 0.0701 e. The van der Waals surface area contributed by atoms with Gasteiger partial charge < -0.3 is 10.1 Å². The summed E-state index contributed by atoms with van der Waals surface area (Å²) in [4.78, 5) is 1.44. The van der Waals surface area contributed by atoms with Crippen LogP contribution in [0, 0.1) is 0 Å². The highest BCUT2D eigenvalue weighted by Crippen LogP contribution is 2.22. The van der Waals surface area contributed by atoms with Gasteiger partial charge in [-0.25, -0.2) is 0 Å². The molecule has 1 aromatic heterocycles. The molecule has 2 unspecified atom stereocenters. The van der Waals surface area contributed by atoms with Crippen LogP contribution in [0.2, 0.25) is 0 Å². The maximum atomic E-state index is 5.74. The lowest BCUT2D eigenvalue weighted by atomic mass is 10.00. The van der Waals surface area contributed by atoms with E-state index in [9.17, 15) is 0 Å². The number of rotatable bonds is 4. The van der Waals surface area contributed by atoms with Crippen LogP contribution in [0.3, 0.4) is 0 Å². The first kappa shape index (κ1) is 13.5. The molecule has 1 aliphatic heterocycles. The lowest BCUT2D eigenvalue weighted by Crippen LogP contribution is -2.41. The zero-order chi connectivity index (χ0) is 12.3. The summed E-state index contributed by atoms with van der Waals surface area (Å²) in [6.07, 6.45) is 4.19. The van der Waals surface area contributed by atoms with Gasteiger partial charge in [0.15, 0.2) is 0 Å². The fourth-order valence-electron chi connectivity index (χ4n) is 2.46. The summed E-state index contributed by atoms with van der Waals surface area (Å²) in [5.41, 5.74) is 0. The molecule has 0 radical (unpaired) electrons. The van der Waals surface area contributed by atoms with Gasteiger partial charge in [-0.1, -0.05) is 0 Å². The van der Waals surface area contributed by atoms with E-state index in [1.807, 2.05) is 11.3 Å². The summed E-state index contributed by atoms with van der Waals surface area (Å²) in [6.45, 7) is 5.40. The molecule has 0 bridgehead atoms. The van der Waals surface area contributed by atoms with Crippen LogP contribution in [-0.4, -0.2) is 24.8 Å². The highest BCUT2D eigenvalue weighted by molar-refractivity contribution is 9.11. The third-order valence-corrected chi connectivity index (χ3v) is 4.81. The molecule has 17 heavy (non-hydrogen) atoms. The van der Waals surface area contributed by atoms with E-state index in [0.717, 1.165) is 25.8 Å². The zero-order valence-corrected chi connectivity index (χ0v) is 12.8. The zero-order valence-electron chi connectivity index (χ0n) is 10.4. The molecule has 2 nitrogen and oxygen atoms in total. The molecule has 2 heterocycles. The number of halogens is 1. The average molecular weight is 318 g/mol. The van der Waals surface area contributed by atoms with E-state index in [1.165, 1.54) is 8.66 Å². The molecule has 1 aromatic rings. The Morgan fingerprint density at radius 2 is 2.06 bits per heavy atom. The van der Waals surface area contributed by atoms with Gasteiger partial charge in [0.25, 0.3) is 0 Å². The Morgan fingerprint density at radius 1 is 1.35 bits per heavy atom. The van der Waals surface area contributed by atoms with Crippen LogP contribution in [0.25, 0.3) is 0 Å². The van der Waals surface area contributed by atoms with Gasteiger partial charge in [-0.2, -0.15) is 0 Å². The van der Waals surface area contributed by atoms with Gasteiger partial charge in [0.1, 0.15) is 0 Å². The van der Waals surface area contributed by atoms with Gasteiger partial charge in [0.2, 0.25) is 0 Å². The summed E-state index contributed by atoms with van der Waals surface area (Å²) >= 11 is 5.33. The first-order chi connectivity index (χ1) is 8.13. The van der Waals surface area contributed by atoms with Crippen LogP contribution in [-0.2, 0) is 11.2 Å². The minimum absolute atomic E-state index is 0.395. The van der Waals surface area contributed by atoms with Crippen molar-refractivity contribution < 1.29 is 4.74 Å². The Morgan fingerprint density at radius 3 is 2.65 bits per heavy atom. The number of hydrogen-bond acceptors (Lipinski definition) is 3. The summed E-state index contributed by atoms with van der Waals surface area (Å²) in [5, 5.41) is 3.65. The van der Waals surface area contributed by atoms with Gasteiger partial charge in [-0.05, 0) is 61.2 Å². The molecule has 0 aromatic carbocycles. The molecule has 1 aliphatic rings. The Kier molecular flexibility index (Phi) is 5.03. The van der Waals surface area contributed by atoms with Crippen molar-refractivity contribution in [1.82, 2.24) is 5.32 Å². The predicted molar refractivity (Wildman–Crippen MR) is 76.8 cm³/mol. The topological polar surface area (TPSA) is 21.3 Å². The van der Waals surface area contributed by atoms with Gasteiger partial charge in [0, 0.05) is 17.5 Å². The van der Waals surface area contributed by atoms with Crippen LogP contribution >= 0.6 is 27.3 Å². The minimum atomic E-state index is 0.395. The fraction of sp³-hybridized carbons (Fsp3) is 0.692. The molecule has 0 amide bonds. The number of hydrogen-bond donors (Lipinski definition) is 1. The quantitative estimate of drug-likeness (QED) is 0.916. The van der Waals surface area contributed by atoms with E-state index in [0.29, 0.717) is 18.2 Å². The summed E-state index contributed by atoms with van der Waals surface area (Å²) in [5.74, 6) is 0. The van der Waals surface area contributed by atoms with Crippen LogP contribution in [0.15, 0.2) is 15.9 Å². The van der Waals surface area contributed by atoms with Crippen LogP contribution < -0.4 is 5.32 Å². The van der Waals surface area contributed by atoms with Gasteiger partial charge in [0.05, 0.1) is 16.0 Å². The monoisotopic (exact) mass is 317 g/mol. The van der Waals surface area contributed by atoms with Crippen molar-refractivity contribution in [2.75, 3.05) is 6.54 Å². The molecule has 2 rings (SSSR count). The summed E-state index contributed by atoms with van der Waals surface area (Å²) in [7, 11) is 0. The highest BCUT2D eigenvalue weighted by Gasteiger charge is 2.23. The average Bonchev–Trinajstić information content (AvgIpc) is 2.63. The first-order valence-electron chi connectivity index (χ1n) is 6.26. The Labute approximate surface area is 116 Å². The molecule has 2 atom stereocenters. The van der Waals surface area contributed by atoms with E-state index in [4.69, 9.17) is 4.74 Å². The molecule has 0 spiro atoms. The van der Waals surface area contributed by atoms with Crippen LogP contribution in [0.1, 0.15) is 31.6 Å². The molecule has 1 fully saturated rings. The smallest absolute Gasteiger partial charge is 0.0701 e. The molecular formula is C13H20BrNOS. The second-order valence-electron chi connectivity index (χ2n) is 4.84. The number of thiophene rings is 1. The van der Waals surface area contributed by atoms with E-state index < -0.39 is 0 Å². The normalized spacial score (nSPS) is 29.5. The largest absolute Gasteiger partial charge is 0.375 e. The minimum Gasteiger partial charge on any atom is -0.375 e. The van der Waals surface area contributed by atoms with E-state index >= 15 is 0 Å². The van der Waals surface area contributed by atoms with E-state index in [1.54, 1.807) is 0 Å². The van der Waals surface area contributed by atoms with Gasteiger partial charge in [-0.3, -0.25) is 0 Å². The molecule has 0 saturated carbocycles. The first-order valence-corrected chi connectivity index (χ1v) is 7.87. The van der Waals surface area contributed by atoms with Crippen molar-refractivity contribution >= 4 is 27.3 Å². The third kappa shape index (κ3) is 4.36. The van der Waals surface area contributed by atoms with E-state index in [2.05, 4.69) is 47.2 Å². The molecule has 4 heteroatoms. The predicted octanol–water partition coefficient (Wildman–Crippen LogP) is 3.60. The highest BCUT2D eigenvalue weighted by atomic mass is 79.9. The van der Waals surface area contributed by atoms with Crippen molar-refractivity contribution in [3.05, 3.63) is 20.8 Å². The molecule has 0 aliphatic carbocycles. The van der Waals surface area contributed by atoms with Crippen LogP contribution in [0.5, 0.6) is 0 Å². The summed E-state index contributed by atoms with van der Waals surface area (Å²) < 4.78 is 6.96. The molecule has 1 N–H and O–H groups in total. The standard InChI is InChI=1S/C13H20BrNOS/c1-9-7-11(8-10(2)16-9)15-6-5-12-3-4-13(14)17-12/h3-4,9-11,15H,5-8H2,1-2H3. The number of nitrogens with one attached hydrogen (secondary N) is 1. The lowest BCUT2D eigenvalue weighted by molar-refractivity contribution is -0.0419. The molecular weight excluding hydrogens is 298 g/mol. The molecule has 1 saturated heterocycles. The van der Waals surface area contributed by atoms with Crippen molar-refractivity contribution in [2.24, 2.45) is 0 Å². The maximum absolute atomic E-state index is 5.74. The third-order valence-electron chi connectivity index (χ3n) is 3.13. The number of ether oxygens (including phenoxy) is 1. The van der Waals surface area contributed by atoms with Crippen molar-refractivity contribution in [3.63, 3.8) is 0 Å². The van der Waals surface area contributed by atoms with Crippen LogP contribution in [0.4, 0.5) is 0 Å². The van der Waals surface area contributed by atoms with E-state index in [-0.39, 0.29) is 0 Å².